The van der Waals surface area contributed by atoms with E-state index in [1.54, 1.807) is 7.11 Å². The third-order valence-electron chi connectivity index (χ3n) is 5.65. The number of rotatable bonds is 6. The van der Waals surface area contributed by atoms with Crippen molar-refractivity contribution in [1.82, 2.24) is 14.4 Å². The number of ether oxygens (including phenoxy) is 1. The molecule has 28 heavy (non-hydrogen) atoms. The highest BCUT2D eigenvalue weighted by Crippen LogP contribution is 2.32. The van der Waals surface area contributed by atoms with E-state index in [2.05, 4.69) is 59.0 Å². The van der Waals surface area contributed by atoms with Gasteiger partial charge in [-0.15, -0.1) is 0 Å². The van der Waals surface area contributed by atoms with Crippen LogP contribution in [0.3, 0.4) is 0 Å². The van der Waals surface area contributed by atoms with Crippen LogP contribution in [0.5, 0.6) is 5.75 Å². The molecule has 146 valence electrons. The number of aromatic nitrogens is 1. The molecule has 0 bridgehead atoms. The lowest BCUT2D eigenvalue weighted by atomic mass is 10.1. The lowest BCUT2D eigenvalue weighted by Crippen LogP contribution is -2.32. The molecule has 2 aromatic carbocycles. The number of likely N-dealkylation sites (N-methyl/N-ethyl adjacent to an activating group) is 1. The van der Waals surface area contributed by atoms with Gasteiger partial charge in [-0.1, -0.05) is 18.2 Å². The van der Waals surface area contributed by atoms with Gasteiger partial charge in [-0.25, -0.2) is 0 Å². The zero-order valence-electron chi connectivity index (χ0n) is 16.8. The topological polar surface area (TPSA) is 37.7 Å². The van der Waals surface area contributed by atoms with E-state index in [1.807, 2.05) is 24.1 Å². The fourth-order valence-electron chi connectivity index (χ4n) is 4.14. The molecule has 3 aromatic rings. The van der Waals surface area contributed by atoms with Gasteiger partial charge in [0.1, 0.15) is 11.9 Å². The standard InChI is InChI=1S/C23H27N3O2/c1-4-25-13-12-18-15-19(7-10-21(18)25)23-24(2)16-22(27)26(23)14-11-17-5-8-20(28-3)9-6-17/h5-10,12-13,15,23H,4,11,14,16H2,1-3H3. The summed E-state index contributed by atoms with van der Waals surface area (Å²) in [6.45, 7) is 4.27. The summed E-state index contributed by atoms with van der Waals surface area (Å²) in [4.78, 5) is 16.8. The van der Waals surface area contributed by atoms with Crippen molar-refractivity contribution in [2.75, 3.05) is 27.2 Å². The molecule has 1 saturated heterocycles. The van der Waals surface area contributed by atoms with Gasteiger partial charge < -0.3 is 14.2 Å². The Labute approximate surface area is 166 Å². The molecule has 1 fully saturated rings. The van der Waals surface area contributed by atoms with E-state index in [4.69, 9.17) is 4.74 Å². The number of amides is 1. The van der Waals surface area contributed by atoms with Crippen LogP contribution in [0.2, 0.25) is 0 Å². The van der Waals surface area contributed by atoms with Crippen LogP contribution in [0, 0.1) is 0 Å². The fourth-order valence-corrected chi connectivity index (χ4v) is 4.14. The largest absolute Gasteiger partial charge is 0.497 e. The SMILES string of the molecule is CCn1ccc2cc(C3N(C)CC(=O)N3CCc3ccc(OC)cc3)ccc21. The van der Waals surface area contributed by atoms with E-state index < -0.39 is 0 Å². The third-order valence-corrected chi connectivity index (χ3v) is 5.65. The summed E-state index contributed by atoms with van der Waals surface area (Å²) < 4.78 is 7.47. The molecule has 1 aliphatic heterocycles. The number of carbonyl (C=O) groups excluding carboxylic acids is 1. The quantitative estimate of drug-likeness (QED) is 0.658. The van der Waals surface area contributed by atoms with Crippen molar-refractivity contribution in [3.8, 4) is 5.75 Å². The molecule has 0 saturated carbocycles. The van der Waals surface area contributed by atoms with Gasteiger partial charge in [0, 0.05) is 24.8 Å². The summed E-state index contributed by atoms with van der Waals surface area (Å²) in [6.07, 6.45) is 2.94. The van der Waals surface area contributed by atoms with E-state index in [-0.39, 0.29) is 12.1 Å². The molecule has 1 aromatic heterocycles. The van der Waals surface area contributed by atoms with Crippen molar-refractivity contribution >= 4 is 16.8 Å². The molecule has 2 heterocycles. The summed E-state index contributed by atoms with van der Waals surface area (Å²) in [7, 11) is 3.70. The minimum atomic E-state index is -0.0138. The van der Waals surface area contributed by atoms with E-state index in [0.717, 1.165) is 18.7 Å². The van der Waals surface area contributed by atoms with Crippen molar-refractivity contribution in [2.45, 2.75) is 26.1 Å². The molecule has 1 aliphatic rings. The maximum atomic E-state index is 12.7. The smallest absolute Gasteiger partial charge is 0.238 e. The van der Waals surface area contributed by atoms with Gasteiger partial charge in [-0.2, -0.15) is 0 Å². The second-order valence-electron chi connectivity index (χ2n) is 7.39. The summed E-state index contributed by atoms with van der Waals surface area (Å²) in [5, 5.41) is 1.22. The predicted molar refractivity (Wildman–Crippen MR) is 111 cm³/mol. The normalized spacial score (nSPS) is 17.6. The predicted octanol–water partition coefficient (Wildman–Crippen LogP) is 3.69. The van der Waals surface area contributed by atoms with Gasteiger partial charge in [-0.05, 0) is 67.2 Å². The Bertz CT molecular complexity index is 977. The molecule has 0 radical (unpaired) electrons. The van der Waals surface area contributed by atoms with Gasteiger partial charge in [-0.3, -0.25) is 9.69 Å². The lowest BCUT2D eigenvalue weighted by Gasteiger charge is -2.28. The highest BCUT2D eigenvalue weighted by molar-refractivity contribution is 5.83. The summed E-state index contributed by atoms with van der Waals surface area (Å²) in [5.74, 6) is 1.04. The van der Waals surface area contributed by atoms with Crippen LogP contribution in [0.1, 0.15) is 24.2 Å². The van der Waals surface area contributed by atoms with Gasteiger partial charge in [0.2, 0.25) is 5.91 Å². The zero-order valence-corrected chi connectivity index (χ0v) is 16.8. The average Bonchev–Trinajstić information content (AvgIpc) is 3.25. The van der Waals surface area contributed by atoms with Crippen molar-refractivity contribution in [3.05, 3.63) is 65.9 Å². The number of methoxy groups -OCH3 is 1. The van der Waals surface area contributed by atoms with Crippen molar-refractivity contribution in [2.24, 2.45) is 0 Å². The molecule has 5 heteroatoms. The average molecular weight is 377 g/mol. The van der Waals surface area contributed by atoms with Crippen LogP contribution in [-0.2, 0) is 17.8 Å². The third kappa shape index (κ3) is 3.38. The molecule has 0 N–H and O–H groups in total. The summed E-state index contributed by atoms with van der Waals surface area (Å²) in [5.41, 5.74) is 3.62. The highest BCUT2D eigenvalue weighted by atomic mass is 16.5. The monoisotopic (exact) mass is 377 g/mol. The van der Waals surface area contributed by atoms with Crippen LogP contribution >= 0.6 is 0 Å². The van der Waals surface area contributed by atoms with Crippen LogP contribution in [0.15, 0.2) is 54.7 Å². The number of fused-ring (bicyclic) bond motifs is 1. The minimum absolute atomic E-state index is 0.0138. The Morgan fingerprint density at radius 2 is 1.89 bits per heavy atom. The molecule has 0 aliphatic carbocycles. The Morgan fingerprint density at radius 3 is 2.61 bits per heavy atom. The summed E-state index contributed by atoms with van der Waals surface area (Å²) >= 11 is 0. The van der Waals surface area contributed by atoms with Gasteiger partial charge >= 0.3 is 0 Å². The number of nitrogens with zero attached hydrogens (tertiary/aromatic N) is 3. The lowest BCUT2D eigenvalue weighted by molar-refractivity contribution is -0.128. The van der Waals surface area contributed by atoms with E-state index in [0.29, 0.717) is 13.1 Å². The van der Waals surface area contributed by atoms with Crippen molar-refractivity contribution < 1.29 is 9.53 Å². The molecule has 1 amide bonds. The first-order chi connectivity index (χ1) is 13.6. The first kappa shape index (κ1) is 18.6. The van der Waals surface area contributed by atoms with Crippen LogP contribution in [0.4, 0.5) is 0 Å². The van der Waals surface area contributed by atoms with Crippen molar-refractivity contribution in [1.29, 1.82) is 0 Å². The minimum Gasteiger partial charge on any atom is -0.497 e. The maximum absolute atomic E-state index is 12.7. The number of hydrogen-bond donors (Lipinski definition) is 0. The second kappa shape index (κ2) is 7.68. The first-order valence-corrected chi connectivity index (χ1v) is 9.82. The van der Waals surface area contributed by atoms with E-state index >= 15 is 0 Å². The Kier molecular flexibility index (Phi) is 5.09. The number of benzene rings is 2. The van der Waals surface area contributed by atoms with Crippen molar-refractivity contribution in [3.63, 3.8) is 0 Å². The van der Waals surface area contributed by atoms with E-state index in [9.17, 15) is 4.79 Å². The Hall–Kier alpha value is -2.79. The molecule has 4 rings (SSSR count). The fraction of sp³-hybridized carbons (Fsp3) is 0.348. The van der Waals surface area contributed by atoms with Crippen LogP contribution < -0.4 is 4.74 Å². The number of hydrogen-bond acceptors (Lipinski definition) is 3. The van der Waals surface area contributed by atoms with Crippen LogP contribution in [0.25, 0.3) is 10.9 Å². The number of aryl methyl sites for hydroxylation is 1. The van der Waals surface area contributed by atoms with Gasteiger partial charge in [0.05, 0.1) is 13.7 Å². The molecular formula is C23H27N3O2. The Morgan fingerprint density at radius 1 is 1.11 bits per heavy atom. The van der Waals surface area contributed by atoms with Gasteiger partial charge in [0.25, 0.3) is 0 Å². The molecule has 5 nitrogen and oxygen atoms in total. The zero-order chi connectivity index (χ0) is 19.7. The summed E-state index contributed by atoms with van der Waals surface area (Å²) in [6, 6.07) is 16.8. The molecule has 1 atom stereocenters. The maximum Gasteiger partial charge on any atom is 0.238 e. The van der Waals surface area contributed by atoms with E-state index in [1.165, 1.54) is 22.0 Å². The Balaban J connectivity index is 1.56. The second-order valence-corrected chi connectivity index (χ2v) is 7.39. The first-order valence-electron chi connectivity index (χ1n) is 9.82. The highest BCUT2D eigenvalue weighted by Gasteiger charge is 2.36. The molecule has 1 unspecified atom stereocenters. The molecule has 0 spiro atoms. The van der Waals surface area contributed by atoms with Gasteiger partial charge in [0.15, 0.2) is 0 Å². The molecular weight excluding hydrogens is 350 g/mol. The number of carbonyl (C=O) groups is 1. The van der Waals surface area contributed by atoms with Crippen LogP contribution in [-0.4, -0.2) is 47.5 Å².